The van der Waals surface area contributed by atoms with Crippen LogP contribution in [0, 0.1) is 0 Å². The van der Waals surface area contributed by atoms with E-state index in [9.17, 15) is 13.2 Å². The molecule has 0 aliphatic heterocycles. The normalized spacial score (nSPS) is 18.2. The van der Waals surface area contributed by atoms with Crippen molar-refractivity contribution >= 4 is 15.7 Å². The van der Waals surface area contributed by atoms with Crippen molar-refractivity contribution < 1.29 is 13.2 Å². The van der Waals surface area contributed by atoms with Gasteiger partial charge < -0.3 is 11.1 Å². The van der Waals surface area contributed by atoms with Gasteiger partial charge in [0.05, 0.1) is 4.90 Å². The molecule has 1 amide bonds. The first-order valence-corrected chi connectivity index (χ1v) is 9.07. The number of sulfone groups is 1. The van der Waals surface area contributed by atoms with Crippen LogP contribution < -0.4 is 11.1 Å². The predicted molar refractivity (Wildman–Crippen MR) is 81.9 cm³/mol. The molecule has 21 heavy (non-hydrogen) atoms. The number of carbonyl (C=O) groups excluding carboxylic acids is 1. The van der Waals surface area contributed by atoms with Crippen LogP contribution in [0.25, 0.3) is 0 Å². The van der Waals surface area contributed by atoms with Gasteiger partial charge in [-0.1, -0.05) is 25.3 Å². The van der Waals surface area contributed by atoms with Crippen molar-refractivity contribution in [2.24, 2.45) is 5.73 Å². The SMILES string of the molecule is CS(=O)(=O)c1cccc(C(=O)NCC2(N)CCCCC2)c1. The summed E-state index contributed by atoms with van der Waals surface area (Å²) in [4.78, 5) is 12.3. The number of nitrogens with two attached hydrogens (primary N) is 1. The third-order valence-corrected chi connectivity index (χ3v) is 5.08. The zero-order valence-corrected chi connectivity index (χ0v) is 13.1. The van der Waals surface area contributed by atoms with Crippen LogP contribution in [0.1, 0.15) is 42.5 Å². The van der Waals surface area contributed by atoms with Gasteiger partial charge in [0.2, 0.25) is 0 Å². The van der Waals surface area contributed by atoms with E-state index in [0.717, 1.165) is 31.9 Å². The summed E-state index contributed by atoms with van der Waals surface area (Å²) in [7, 11) is -3.31. The first-order valence-electron chi connectivity index (χ1n) is 7.17. The maximum atomic E-state index is 12.1. The molecule has 0 unspecified atom stereocenters. The number of hydrogen-bond donors (Lipinski definition) is 2. The van der Waals surface area contributed by atoms with Crippen LogP contribution in [0.5, 0.6) is 0 Å². The van der Waals surface area contributed by atoms with Crippen molar-refractivity contribution in [1.82, 2.24) is 5.32 Å². The molecule has 1 aromatic rings. The van der Waals surface area contributed by atoms with Crippen LogP contribution in [0.2, 0.25) is 0 Å². The van der Waals surface area contributed by atoms with E-state index >= 15 is 0 Å². The minimum atomic E-state index is -3.31. The largest absolute Gasteiger partial charge is 0.350 e. The topological polar surface area (TPSA) is 89.3 Å². The van der Waals surface area contributed by atoms with Crippen molar-refractivity contribution in [2.45, 2.75) is 42.5 Å². The number of nitrogens with one attached hydrogen (secondary N) is 1. The Morgan fingerprint density at radius 3 is 2.57 bits per heavy atom. The molecule has 1 fully saturated rings. The van der Waals surface area contributed by atoms with Gasteiger partial charge in [-0.05, 0) is 31.0 Å². The predicted octanol–water partition coefficient (Wildman–Crippen LogP) is 1.48. The van der Waals surface area contributed by atoms with Gasteiger partial charge in [0.1, 0.15) is 0 Å². The van der Waals surface area contributed by atoms with Gasteiger partial charge in [-0.25, -0.2) is 8.42 Å². The molecule has 116 valence electrons. The van der Waals surface area contributed by atoms with E-state index in [1.807, 2.05) is 0 Å². The van der Waals surface area contributed by atoms with E-state index in [-0.39, 0.29) is 16.3 Å². The second-order valence-electron chi connectivity index (χ2n) is 5.91. The molecular formula is C15H22N2O3S. The highest BCUT2D eigenvalue weighted by Crippen LogP contribution is 2.25. The summed E-state index contributed by atoms with van der Waals surface area (Å²) >= 11 is 0. The number of carbonyl (C=O) groups is 1. The Balaban J connectivity index is 2.04. The van der Waals surface area contributed by atoms with Crippen molar-refractivity contribution in [3.63, 3.8) is 0 Å². The second kappa shape index (κ2) is 6.15. The zero-order valence-electron chi connectivity index (χ0n) is 12.3. The molecule has 0 saturated heterocycles. The summed E-state index contributed by atoms with van der Waals surface area (Å²) < 4.78 is 23.0. The van der Waals surface area contributed by atoms with Crippen LogP contribution in [0.4, 0.5) is 0 Å². The van der Waals surface area contributed by atoms with E-state index in [4.69, 9.17) is 5.73 Å². The summed E-state index contributed by atoms with van der Waals surface area (Å²) in [6.45, 7) is 0.426. The van der Waals surface area contributed by atoms with Crippen LogP contribution in [0.15, 0.2) is 29.2 Å². The van der Waals surface area contributed by atoms with E-state index in [1.54, 1.807) is 12.1 Å². The third-order valence-electron chi connectivity index (χ3n) is 3.97. The average Bonchev–Trinajstić information content (AvgIpc) is 2.45. The van der Waals surface area contributed by atoms with Gasteiger partial charge in [0.15, 0.2) is 9.84 Å². The Bertz CT molecular complexity index is 620. The van der Waals surface area contributed by atoms with Gasteiger partial charge in [0, 0.05) is 23.9 Å². The number of benzene rings is 1. The lowest BCUT2D eigenvalue weighted by Crippen LogP contribution is -2.51. The quantitative estimate of drug-likeness (QED) is 0.881. The van der Waals surface area contributed by atoms with Crippen LogP contribution in [0.3, 0.4) is 0 Å². The summed E-state index contributed by atoms with van der Waals surface area (Å²) in [6.07, 6.45) is 6.34. The maximum absolute atomic E-state index is 12.1. The fraction of sp³-hybridized carbons (Fsp3) is 0.533. The van der Waals surface area contributed by atoms with Crippen molar-refractivity contribution in [2.75, 3.05) is 12.8 Å². The van der Waals surface area contributed by atoms with E-state index < -0.39 is 9.84 Å². The Hall–Kier alpha value is -1.40. The van der Waals surface area contributed by atoms with Gasteiger partial charge in [-0.2, -0.15) is 0 Å². The second-order valence-corrected chi connectivity index (χ2v) is 7.92. The molecule has 0 heterocycles. The highest BCUT2D eigenvalue weighted by Gasteiger charge is 2.27. The molecule has 0 aromatic heterocycles. The molecule has 1 aromatic carbocycles. The lowest BCUT2D eigenvalue weighted by Gasteiger charge is -2.33. The number of hydrogen-bond acceptors (Lipinski definition) is 4. The molecule has 0 radical (unpaired) electrons. The summed E-state index contributed by atoms with van der Waals surface area (Å²) in [5, 5.41) is 2.83. The van der Waals surface area contributed by atoms with Gasteiger partial charge in [-0.15, -0.1) is 0 Å². The van der Waals surface area contributed by atoms with Gasteiger partial charge in [-0.3, -0.25) is 4.79 Å². The summed E-state index contributed by atoms with van der Waals surface area (Å²) in [5.41, 5.74) is 6.29. The molecule has 0 atom stereocenters. The van der Waals surface area contributed by atoms with Crippen molar-refractivity contribution in [1.29, 1.82) is 0 Å². The fourth-order valence-corrected chi connectivity index (χ4v) is 3.33. The van der Waals surface area contributed by atoms with Gasteiger partial charge in [0.25, 0.3) is 5.91 Å². The lowest BCUT2D eigenvalue weighted by atomic mass is 9.82. The molecule has 2 rings (SSSR count). The fourth-order valence-electron chi connectivity index (χ4n) is 2.66. The molecule has 1 aliphatic rings. The van der Waals surface area contributed by atoms with Crippen LogP contribution in [-0.2, 0) is 9.84 Å². The smallest absolute Gasteiger partial charge is 0.251 e. The number of rotatable bonds is 4. The van der Waals surface area contributed by atoms with Crippen LogP contribution in [-0.4, -0.2) is 32.7 Å². The average molecular weight is 310 g/mol. The Labute approximate surface area is 125 Å². The molecule has 3 N–H and O–H groups in total. The van der Waals surface area contributed by atoms with Crippen molar-refractivity contribution in [3.05, 3.63) is 29.8 Å². The Kier molecular flexibility index (Phi) is 4.68. The first kappa shape index (κ1) is 16.0. The van der Waals surface area contributed by atoms with E-state index in [1.165, 1.54) is 18.6 Å². The first-order chi connectivity index (χ1) is 9.80. The standard InChI is InChI=1S/C15H22N2O3S/c1-21(19,20)13-7-5-6-12(10-13)14(18)17-11-15(16)8-3-2-4-9-15/h5-7,10H,2-4,8-9,11,16H2,1H3,(H,17,18). The minimum Gasteiger partial charge on any atom is -0.350 e. The molecule has 1 saturated carbocycles. The highest BCUT2D eigenvalue weighted by molar-refractivity contribution is 7.90. The van der Waals surface area contributed by atoms with Crippen molar-refractivity contribution in [3.8, 4) is 0 Å². The molecular weight excluding hydrogens is 288 g/mol. The monoisotopic (exact) mass is 310 g/mol. The molecule has 0 bridgehead atoms. The Morgan fingerprint density at radius 1 is 1.29 bits per heavy atom. The molecule has 5 nitrogen and oxygen atoms in total. The number of amides is 1. The highest BCUT2D eigenvalue weighted by atomic mass is 32.2. The van der Waals surface area contributed by atoms with Crippen LogP contribution >= 0.6 is 0 Å². The minimum absolute atomic E-state index is 0.148. The summed E-state index contributed by atoms with van der Waals surface area (Å²) in [6, 6.07) is 6.06. The maximum Gasteiger partial charge on any atom is 0.251 e. The zero-order chi connectivity index (χ0) is 15.5. The molecule has 0 spiro atoms. The molecule has 6 heteroatoms. The Morgan fingerprint density at radius 2 is 1.95 bits per heavy atom. The van der Waals surface area contributed by atoms with E-state index in [2.05, 4.69) is 5.32 Å². The summed E-state index contributed by atoms with van der Waals surface area (Å²) in [5.74, 6) is -0.282. The van der Waals surface area contributed by atoms with E-state index in [0.29, 0.717) is 12.1 Å². The third kappa shape index (κ3) is 4.28. The van der Waals surface area contributed by atoms with Gasteiger partial charge >= 0.3 is 0 Å². The molecule has 1 aliphatic carbocycles. The lowest BCUT2D eigenvalue weighted by molar-refractivity contribution is 0.0937.